The van der Waals surface area contributed by atoms with Gasteiger partial charge < -0.3 is 15.1 Å². The van der Waals surface area contributed by atoms with Crippen molar-refractivity contribution in [2.24, 2.45) is 5.92 Å². The van der Waals surface area contributed by atoms with E-state index in [1.807, 2.05) is 12.1 Å². The van der Waals surface area contributed by atoms with Crippen LogP contribution < -0.4 is 15.1 Å². The summed E-state index contributed by atoms with van der Waals surface area (Å²) >= 11 is 1.26. The van der Waals surface area contributed by atoms with Crippen LogP contribution in [0.1, 0.15) is 19.3 Å². The molecule has 2 saturated heterocycles. The van der Waals surface area contributed by atoms with E-state index in [1.165, 1.54) is 29.9 Å². The first-order valence-corrected chi connectivity index (χ1v) is 9.31. The standard InChI is InChI=1S/C17H19N5O2S/c23-15-9-12(16(24)19-17-20-18-11-25-17)10-22(15)14-5-3-13(4-6-14)21-7-1-2-8-21/h3-6,11-12H,1-2,7-10H2,(H,19,20,24). The number of benzene rings is 1. The van der Waals surface area contributed by atoms with Gasteiger partial charge in [-0.2, -0.15) is 0 Å². The molecule has 1 atom stereocenters. The van der Waals surface area contributed by atoms with Crippen molar-refractivity contribution in [3.63, 3.8) is 0 Å². The summed E-state index contributed by atoms with van der Waals surface area (Å²) in [5.41, 5.74) is 3.60. The molecule has 2 aliphatic heterocycles. The van der Waals surface area contributed by atoms with E-state index in [0.29, 0.717) is 11.7 Å². The Hall–Kier alpha value is -2.48. The third kappa shape index (κ3) is 3.34. The topological polar surface area (TPSA) is 78.4 Å². The second-order valence-corrected chi connectivity index (χ2v) is 7.18. The second kappa shape index (κ2) is 6.79. The highest BCUT2D eigenvalue weighted by Crippen LogP contribution is 2.29. The first-order chi connectivity index (χ1) is 12.2. The molecule has 25 heavy (non-hydrogen) atoms. The van der Waals surface area contributed by atoms with Crippen molar-refractivity contribution in [3.8, 4) is 0 Å². The Morgan fingerprint density at radius 3 is 2.56 bits per heavy atom. The zero-order chi connectivity index (χ0) is 17.2. The Morgan fingerprint density at radius 1 is 1.16 bits per heavy atom. The molecular weight excluding hydrogens is 338 g/mol. The van der Waals surface area contributed by atoms with Gasteiger partial charge in [-0.3, -0.25) is 9.59 Å². The van der Waals surface area contributed by atoms with Crippen LogP contribution in [0.15, 0.2) is 29.8 Å². The molecular formula is C17H19N5O2S. The van der Waals surface area contributed by atoms with E-state index in [2.05, 4.69) is 32.5 Å². The summed E-state index contributed by atoms with van der Waals surface area (Å²) in [7, 11) is 0. The minimum absolute atomic E-state index is 0.0219. The van der Waals surface area contributed by atoms with E-state index in [9.17, 15) is 9.59 Å². The maximum atomic E-state index is 12.3. The van der Waals surface area contributed by atoms with Crippen molar-refractivity contribution in [1.82, 2.24) is 10.2 Å². The van der Waals surface area contributed by atoms with Crippen LogP contribution in [0.4, 0.5) is 16.5 Å². The van der Waals surface area contributed by atoms with Gasteiger partial charge in [0.05, 0.1) is 5.92 Å². The highest BCUT2D eigenvalue weighted by Gasteiger charge is 2.35. The van der Waals surface area contributed by atoms with Crippen molar-refractivity contribution < 1.29 is 9.59 Å². The number of rotatable bonds is 4. The number of aromatic nitrogens is 2. The largest absolute Gasteiger partial charge is 0.372 e. The third-order valence-electron chi connectivity index (χ3n) is 4.72. The number of nitrogens with one attached hydrogen (secondary N) is 1. The Kier molecular flexibility index (Phi) is 4.35. The maximum absolute atomic E-state index is 12.3. The summed E-state index contributed by atoms with van der Waals surface area (Å²) in [5.74, 6) is -0.567. The Labute approximate surface area is 149 Å². The summed E-state index contributed by atoms with van der Waals surface area (Å²) in [5, 5.41) is 10.7. The van der Waals surface area contributed by atoms with Crippen molar-refractivity contribution in [2.75, 3.05) is 34.8 Å². The zero-order valence-corrected chi connectivity index (χ0v) is 14.5. The van der Waals surface area contributed by atoms with Gasteiger partial charge in [0.2, 0.25) is 16.9 Å². The molecule has 8 heteroatoms. The van der Waals surface area contributed by atoms with Crippen LogP contribution in [0.5, 0.6) is 0 Å². The number of carbonyl (C=O) groups is 2. The van der Waals surface area contributed by atoms with Crippen molar-refractivity contribution in [2.45, 2.75) is 19.3 Å². The Bertz CT molecular complexity index is 756. The number of hydrogen-bond acceptors (Lipinski definition) is 6. The lowest BCUT2D eigenvalue weighted by Gasteiger charge is -2.20. The third-order valence-corrected chi connectivity index (χ3v) is 5.33. The van der Waals surface area contributed by atoms with Gasteiger partial charge in [-0.25, -0.2) is 0 Å². The van der Waals surface area contributed by atoms with Crippen LogP contribution in [-0.4, -0.2) is 41.6 Å². The molecule has 2 aliphatic rings. The van der Waals surface area contributed by atoms with Crippen molar-refractivity contribution in [1.29, 1.82) is 0 Å². The molecule has 0 spiro atoms. The minimum atomic E-state index is -0.366. The van der Waals surface area contributed by atoms with Crippen LogP contribution in [-0.2, 0) is 9.59 Å². The molecule has 1 aromatic carbocycles. The molecule has 0 aliphatic carbocycles. The average molecular weight is 357 g/mol. The highest BCUT2D eigenvalue weighted by molar-refractivity contribution is 7.13. The van der Waals surface area contributed by atoms with Gasteiger partial charge in [0.25, 0.3) is 0 Å². The molecule has 0 bridgehead atoms. The smallest absolute Gasteiger partial charge is 0.231 e. The maximum Gasteiger partial charge on any atom is 0.231 e. The molecule has 0 saturated carbocycles. The van der Waals surface area contributed by atoms with Crippen LogP contribution in [0.3, 0.4) is 0 Å². The van der Waals surface area contributed by atoms with Crippen molar-refractivity contribution >= 4 is 39.7 Å². The predicted octanol–water partition coefficient (Wildman–Crippen LogP) is 2.13. The van der Waals surface area contributed by atoms with E-state index in [1.54, 1.807) is 10.4 Å². The molecule has 1 N–H and O–H groups in total. The van der Waals surface area contributed by atoms with Gasteiger partial charge in [-0.1, -0.05) is 11.3 Å². The van der Waals surface area contributed by atoms with Gasteiger partial charge in [0.1, 0.15) is 5.51 Å². The second-order valence-electron chi connectivity index (χ2n) is 6.35. The lowest BCUT2D eigenvalue weighted by atomic mass is 10.1. The van der Waals surface area contributed by atoms with Gasteiger partial charge >= 0.3 is 0 Å². The molecule has 3 heterocycles. The average Bonchev–Trinajstić information content (AvgIpc) is 3.37. The Balaban J connectivity index is 1.42. The lowest BCUT2D eigenvalue weighted by molar-refractivity contribution is -0.122. The molecule has 2 aromatic rings. The van der Waals surface area contributed by atoms with Crippen LogP contribution in [0.2, 0.25) is 0 Å². The van der Waals surface area contributed by atoms with E-state index in [0.717, 1.165) is 18.8 Å². The summed E-state index contributed by atoms with van der Waals surface area (Å²) in [4.78, 5) is 28.7. The molecule has 4 rings (SSSR count). The van der Waals surface area contributed by atoms with E-state index >= 15 is 0 Å². The number of carbonyl (C=O) groups excluding carboxylic acids is 2. The SMILES string of the molecule is O=C(Nc1nncs1)C1CC(=O)N(c2ccc(N3CCCC3)cc2)C1. The molecule has 7 nitrogen and oxygen atoms in total. The van der Waals surface area contributed by atoms with Gasteiger partial charge in [0, 0.05) is 37.4 Å². The quantitative estimate of drug-likeness (QED) is 0.907. The normalized spacial score (nSPS) is 20.3. The van der Waals surface area contributed by atoms with Gasteiger partial charge in [-0.15, -0.1) is 10.2 Å². The highest BCUT2D eigenvalue weighted by atomic mass is 32.1. The molecule has 1 unspecified atom stereocenters. The van der Waals surface area contributed by atoms with Gasteiger partial charge in [-0.05, 0) is 37.1 Å². The number of anilines is 3. The monoisotopic (exact) mass is 357 g/mol. The summed E-state index contributed by atoms with van der Waals surface area (Å²) in [6.45, 7) is 2.58. The predicted molar refractivity (Wildman–Crippen MR) is 96.9 cm³/mol. The number of hydrogen-bond donors (Lipinski definition) is 1. The first-order valence-electron chi connectivity index (χ1n) is 8.43. The fourth-order valence-corrected chi connectivity index (χ4v) is 3.83. The van der Waals surface area contributed by atoms with Gasteiger partial charge in [0.15, 0.2) is 0 Å². The number of amides is 2. The molecule has 2 amide bonds. The molecule has 0 radical (unpaired) electrons. The fraction of sp³-hybridized carbons (Fsp3) is 0.412. The van der Waals surface area contributed by atoms with Crippen LogP contribution in [0.25, 0.3) is 0 Å². The van der Waals surface area contributed by atoms with Crippen molar-refractivity contribution in [3.05, 3.63) is 29.8 Å². The molecule has 2 fully saturated rings. The molecule has 130 valence electrons. The van der Waals surface area contributed by atoms with Crippen LogP contribution >= 0.6 is 11.3 Å². The van der Waals surface area contributed by atoms with E-state index < -0.39 is 0 Å². The van der Waals surface area contributed by atoms with Crippen LogP contribution in [0, 0.1) is 5.92 Å². The minimum Gasteiger partial charge on any atom is -0.372 e. The number of nitrogens with zero attached hydrogens (tertiary/aromatic N) is 4. The summed E-state index contributed by atoms with van der Waals surface area (Å²) in [6.07, 6.45) is 2.69. The fourth-order valence-electron chi connectivity index (χ4n) is 3.39. The summed E-state index contributed by atoms with van der Waals surface area (Å²) in [6, 6.07) is 8.05. The Morgan fingerprint density at radius 2 is 1.88 bits per heavy atom. The lowest BCUT2D eigenvalue weighted by Crippen LogP contribution is -2.28. The molecule has 1 aromatic heterocycles. The first kappa shape index (κ1) is 16.0. The van der Waals surface area contributed by atoms with E-state index in [-0.39, 0.29) is 24.2 Å². The van der Waals surface area contributed by atoms with E-state index in [4.69, 9.17) is 0 Å². The zero-order valence-electron chi connectivity index (χ0n) is 13.7. The summed E-state index contributed by atoms with van der Waals surface area (Å²) < 4.78 is 0.